The van der Waals surface area contributed by atoms with Crippen LogP contribution in [-0.2, 0) is 0 Å². The lowest BCUT2D eigenvalue weighted by Crippen LogP contribution is -2.12. The summed E-state index contributed by atoms with van der Waals surface area (Å²) in [4.78, 5) is 20.3. The molecule has 0 unspecified atom stereocenters. The first-order valence-corrected chi connectivity index (χ1v) is 8.03. The van der Waals surface area contributed by atoms with E-state index in [4.69, 9.17) is 0 Å². The van der Waals surface area contributed by atoms with Crippen molar-refractivity contribution in [2.24, 2.45) is 0 Å². The molecule has 4 rings (SSSR count). The van der Waals surface area contributed by atoms with Crippen molar-refractivity contribution in [1.82, 2.24) is 19.6 Å². The maximum atomic E-state index is 12.6. The van der Waals surface area contributed by atoms with Gasteiger partial charge in [0, 0.05) is 17.0 Å². The topological polar surface area (TPSA) is 63.1 Å². The van der Waals surface area contributed by atoms with Crippen molar-refractivity contribution in [3.63, 3.8) is 0 Å². The zero-order valence-electron chi connectivity index (χ0n) is 13.9. The van der Waals surface area contributed by atoms with E-state index in [9.17, 15) is 4.79 Å². The molecule has 0 aliphatic rings. The lowest BCUT2D eigenvalue weighted by Gasteiger charge is -2.07. The Morgan fingerprint density at radius 1 is 1.12 bits per heavy atom. The maximum absolute atomic E-state index is 12.6. The molecule has 5 heteroatoms. The Bertz CT molecular complexity index is 1110. The minimum Gasteiger partial charge on any atom is -0.306 e. The third kappa shape index (κ3) is 2.21. The molecule has 0 saturated carbocycles. The molecule has 120 valence electrons. The van der Waals surface area contributed by atoms with Crippen molar-refractivity contribution < 1.29 is 0 Å². The van der Waals surface area contributed by atoms with Crippen LogP contribution in [0.1, 0.15) is 31.2 Å². The first kappa shape index (κ1) is 14.6. The molecule has 0 fully saturated rings. The zero-order valence-corrected chi connectivity index (χ0v) is 13.9. The average molecular weight is 318 g/mol. The number of rotatable bonds is 2. The monoisotopic (exact) mass is 318 g/mol. The molecule has 1 N–H and O–H groups in total. The number of fused-ring (bicyclic) bond motifs is 3. The van der Waals surface area contributed by atoms with E-state index < -0.39 is 0 Å². The molecular weight excluding hydrogens is 300 g/mol. The Morgan fingerprint density at radius 3 is 2.58 bits per heavy atom. The molecule has 3 aromatic heterocycles. The van der Waals surface area contributed by atoms with Gasteiger partial charge in [-0.25, -0.2) is 4.98 Å². The molecule has 24 heavy (non-hydrogen) atoms. The summed E-state index contributed by atoms with van der Waals surface area (Å²) in [6.45, 7) is 6.14. The first-order valence-electron chi connectivity index (χ1n) is 8.03. The van der Waals surface area contributed by atoms with Crippen LogP contribution in [0.15, 0.2) is 47.3 Å². The van der Waals surface area contributed by atoms with Crippen LogP contribution in [0, 0.1) is 6.92 Å². The number of aromatic nitrogens is 4. The fraction of sp³-hybridized carbons (Fsp3) is 0.211. The first-order chi connectivity index (χ1) is 11.5. The smallest absolute Gasteiger partial charge is 0.257 e. The highest BCUT2D eigenvalue weighted by molar-refractivity contribution is 5.84. The van der Waals surface area contributed by atoms with Gasteiger partial charge in [-0.1, -0.05) is 44.2 Å². The largest absolute Gasteiger partial charge is 0.306 e. The van der Waals surface area contributed by atoms with Crippen LogP contribution >= 0.6 is 0 Å². The fourth-order valence-corrected chi connectivity index (χ4v) is 2.94. The Balaban J connectivity index is 2.06. The summed E-state index contributed by atoms with van der Waals surface area (Å²) < 4.78 is 1.73. The van der Waals surface area contributed by atoms with Crippen molar-refractivity contribution in [1.29, 1.82) is 0 Å². The Morgan fingerprint density at radius 2 is 1.88 bits per heavy atom. The van der Waals surface area contributed by atoms with Crippen molar-refractivity contribution >= 4 is 16.7 Å². The van der Waals surface area contributed by atoms with E-state index in [0.717, 1.165) is 28.0 Å². The molecular formula is C19H18N4O. The molecule has 3 heterocycles. The van der Waals surface area contributed by atoms with Crippen LogP contribution in [0.5, 0.6) is 0 Å². The number of aryl methyl sites for hydroxylation is 1. The number of aromatic amines is 1. The van der Waals surface area contributed by atoms with Crippen molar-refractivity contribution in [3.05, 3.63) is 64.2 Å². The SMILES string of the molecule is Cc1nc2cc(C(C)C)nn2c2[nH]c(=O)c(-c3ccccc3)cc12. The van der Waals surface area contributed by atoms with Crippen molar-refractivity contribution in [2.45, 2.75) is 26.7 Å². The highest BCUT2D eigenvalue weighted by atomic mass is 16.1. The highest BCUT2D eigenvalue weighted by Gasteiger charge is 2.14. The second-order valence-corrected chi connectivity index (χ2v) is 6.33. The third-order valence-electron chi connectivity index (χ3n) is 4.29. The quantitative estimate of drug-likeness (QED) is 0.613. The van der Waals surface area contributed by atoms with Crippen LogP contribution in [0.4, 0.5) is 0 Å². The Kier molecular flexibility index (Phi) is 3.23. The van der Waals surface area contributed by atoms with Gasteiger partial charge in [0.05, 0.1) is 11.4 Å². The fourth-order valence-electron chi connectivity index (χ4n) is 2.94. The van der Waals surface area contributed by atoms with Gasteiger partial charge in [0.25, 0.3) is 5.56 Å². The second kappa shape index (κ2) is 5.30. The molecule has 0 radical (unpaired) electrons. The van der Waals surface area contributed by atoms with E-state index in [1.54, 1.807) is 4.52 Å². The van der Waals surface area contributed by atoms with Gasteiger partial charge in [-0.3, -0.25) is 4.79 Å². The molecule has 0 aliphatic heterocycles. The Hall–Kier alpha value is -2.95. The molecule has 0 bridgehead atoms. The third-order valence-corrected chi connectivity index (χ3v) is 4.29. The van der Waals surface area contributed by atoms with Gasteiger partial charge in [-0.2, -0.15) is 9.61 Å². The number of benzene rings is 1. The molecule has 0 spiro atoms. The maximum Gasteiger partial charge on any atom is 0.257 e. The summed E-state index contributed by atoms with van der Waals surface area (Å²) in [5, 5.41) is 5.51. The number of H-pyrrole nitrogens is 1. The van der Waals surface area contributed by atoms with E-state index in [1.165, 1.54) is 0 Å². The zero-order chi connectivity index (χ0) is 16.8. The number of nitrogens with zero attached hydrogens (tertiary/aromatic N) is 3. The number of pyridine rings is 1. The van der Waals surface area contributed by atoms with Crippen LogP contribution in [0.3, 0.4) is 0 Å². The van der Waals surface area contributed by atoms with Crippen LogP contribution in [-0.4, -0.2) is 19.6 Å². The number of nitrogens with one attached hydrogen (secondary N) is 1. The predicted octanol–water partition coefficient (Wildman–Crippen LogP) is 3.67. The summed E-state index contributed by atoms with van der Waals surface area (Å²) in [5.74, 6) is 0.303. The number of hydrogen-bond donors (Lipinski definition) is 1. The van der Waals surface area contributed by atoms with Crippen LogP contribution in [0.25, 0.3) is 27.8 Å². The number of hydrogen-bond acceptors (Lipinski definition) is 3. The van der Waals surface area contributed by atoms with Crippen LogP contribution in [0.2, 0.25) is 0 Å². The van der Waals surface area contributed by atoms with Crippen molar-refractivity contribution in [2.75, 3.05) is 0 Å². The van der Waals surface area contributed by atoms with Crippen LogP contribution < -0.4 is 5.56 Å². The lowest BCUT2D eigenvalue weighted by molar-refractivity contribution is 0.791. The van der Waals surface area contributed by atoms with Gasteiger partial charge in [-0.15, -0.1) is 0 Å². The van der Waals surface area contributed by atoms with E-state index >= 15 is 0 Å². The molecule has 5 nitrogen and oxygen atoms in total. The Labute approximate surface area is 139 Å². The van der Waals surface area contributed by atoms with Gasteiger partial charge in [0.1, 0.15) is 5.65 Å². The summed E-state index contributed by atoms with van der Waals surface area (Å²) in [6, 6.07) is 13.5. The molecule has 0 amide bonds. The summed E-state index contributed by atoms with van der Waals surface area (Å²) in [7, 11) is 0. The average Bonchev–Trinajstić information content (AvgIpc) is 3.00. The molecule has 0 aliphatic carbocycles. The van der Waals surface area contributed by atoms with Gasteiger partial charge >= 0.3 is 0 Å². The van der Waals surface area contributed by atoms with E-state index in [1.807, 2.05) is 49.4 Å². The highest BCUT2D eigenvalue weighted by Crippen LogP contribution is 2.23. The predicted molar refractivity (Wildman–Crippen MR) is 95.4 cm³/mol. The minimum absolute atomic E-state index is 0.123. The summed E-state index contributed by atoms with van der Waals surface area (Å²) in [6.07, 6.45) is 0. The van der Waals surface area contributed by atoms with Crippen molar-refractivity contribution in [3.8, 4) is 11.1 Å². The lowest BCUT2D eigenvalue weighted by atomic mass is 10.1. The van der Waals surface area contributed by atoms with E-state index in [0.29, 0.717) is 17.1 Å². The van der Waals surface area contributed by atoms with Gasteiger partial charge < -0.3 is 4.98 Å². The minimum atomic E-state index is -0.123. The van der Waals surface area contributed by atoms with Gasteiger partial charge in [0.15, 0.2) is 5.65 Å². The van der Waals surface area contributed by atoms with E-state index in [-0.39, 0.29) is 5.56 Å². The normalized spacial score (nSPS) is 11.7. The summed E-state index contributed by atoms with van der Waals surface area (Å²) in [5.41, 5.74) is 4.69. The van der Waals surface area contributed by atoms with Gasteiger partial charge in [-0.05, 0) is 24.5 Å². The standard InChI is InChI=1S/C19H18N4O/c1-11(2)16-10-17-20-12(3)14-9-15(13-7-5-4-6-8-13)19(24)21-18(14)23(17)22-16/h4-11H,1-3H3,(H,21,24). The summed E-state index contributed by atoms with van der Waals surface area (Å²) >= 11 is 0. The molecule has 0 atom stereocenters. The molecule has 0 saturated heterocycles. The van der Waals surface area contributed by atoms with E-state index in [2.05, 4.69) is 28.9 Å². The molecule has 4 aromatic rings. The van der Waals surface area contributed by atoms with Gasteiger partial charge in [0.2, 0.25) is 0 Å². The molecule has 1 aromatic carbocycles. The second-order valence-electron chi connectivity index (χ2n) is 6.33.